The predicted octanol–water partition coefficient (Wildman–Crippen LogP) is 1.66. The van der Waals surface area contributed by atoms with Crippen LogP contribution in [0.5, 0.6) is 0 Å². The zero-order valence-electron chi connectivity index (χ0n) is 8.41. The van der Waals surface area contributed by atoms with Crippen molar-refractivity contribution in [3.8, 4) is 0 Å². The van der Waals surface area contributed by atoms with Crippen LogP contribution < -0.4 is 5.56 Å². The average Bonchev–Trinajstić information content (AvgIpc) is 2.61. The SMILES string of the molecule is C=C/C=C\C(=C/C)c1[nH][nH]c(=O)c1C=O. The Morgan fingerprint density at radius 3 is 2.67 bits per heavy atom. The second kappa shape index (κ2) is 4.95. The molecule has 1 aromatic heterocycles. The summed E-state index contributed by atoms with van der Waals surface area (Å²) < 4.78 is 0. The molecule has 0 saturated carbocycles. The van der Waals surface area contributed by atoms with Gasteiger partial charge in [-0.2, -0.15) is 0 Å². The highest BCUT2D eigenvalue weighted by Crippen LogP contribution is 2.14. The third-order valence-electron chi connectivity index (χ3n) is 1.94. The van der Waals surface area contributed by atoms with E-state index in [0.29, 0.717) is 12.0 Å². The summed E-state index contributed by atoms with van der Waals surface area (Å²) in [4.78, 5) is 21.9. The van der Waals surface area contributed by atoms with Crippen LogP contribution in [0.2, 0.25) is 0 Å². The summed E-state index contributed by atoms with van der Waals surface area (Å²) in [6.45, 7) is 5.37. The molecule has 0 fully saturated rings. The van der Waals surface area contributed by atoms with Crippen LogP contribution in [0.3, 0.4) is 0 Å². The standard InChI is InChI=1S/C11H12N2O2/c1-3-5-6-8(4-2)10-9(7-14)11(15)13-12-10/h3-7H,1H2,2H3,(H2,12,13,15)/b6-5-,8-4+. The molecule has 0 aliphatic rings. The quantitative estimate of drug-likeness (QED) is 0.578. The third-order valence-corrected chi connectivity index (χ3v) is 1.94. The monoisotopic (exact) mass is 204 g/mol. The van der Waals surface area contributed by atoms with Gasteiger partial charge in [-0.3, -0.25) is 19.8 Å². The van der Waals surface area contributed by atoms with E-state index >= 15 is 0 Å². The Balaban J connectivity index is 3.24. The van der Waals surface area contributed by atoms with E-state index in [9.17, 15) is 9.59 Å². The molecule has 1 rings (SSSR count). The van der Waals surface area contributed by atoms with Crippen LogP contribution in [0.25, 0.3) is 5.57 Å². The lowest BCUT2D eigenvalue weighted by Crippen LogP contribution is -2.05. The van der Waals surface area contributed by atoms with E-state index in [1.54, 1.807) is 24.3 Å². The lowest BCUT2D eigenvalue weighted by Gasteiger charge is -1.97. The van der Waals surface area contributed by atoms with Gasteiger partial charge in [0.1, 0.15) is 5.56 Å². The van der Waals surface area contributed by atoms with Gasteiger partial charge in [0.2, 0.25) is 0 Å². The first-order valence-electron chi connectivity index (χ1n) is 4.46. The molecule has 1 aromatic rings. The van der Waals surface area contributed by atoms with Crippen molar-refractivity contribution in [2.75, 3.05) is 0 Å². The second-order valence-corrected chi connectivity index (χ2v) is 2.82. The minimum atomic E-state index is -0.411. The maximum absolute atomic E-state index is 11.2. The molecule has 78 valence electrons. The Morgan fingerprint density at radius 2 is 2.13 bits per heavy atom. The Bertz CT molecular complexity index is 475. The first-order chi connectivity index (χ1) is 7.24. The Kier molecular flexibility index (Phi) is 3.62. The molecule has 15 heavy (non-hydrogen) atoms. The van der Waals surface area contributed by atoms with Gasteiger partial charge in [0.05, 0.1) is 5.69 Å². The molecule has 0 bridgehead atoms. The molecule has 0 unspecified atom stereocenters. The Labute approximate surface area is 87.0 Å². The van der Waals surface area contributed by atoms with Crippen molar-refractivity contribution in [2.24, 2.45) is 0 Å². The minimum absolute atomic E-state index is 0.108. The van der Waals surface area contributed by atoms with E-state index in [2.05, 4.69) is 16.8 Å². The summed E-state index contributed by atoms with van der Waals surface area (Å²) in [6, 6.07) is 0. The molecule has 0 amide bonds. The van der Waals surface area contributed by atoms with Crippen molar-refractivity contribution in [3.63, 3.8) is 0 Å². The highest BCUT2D eigenvalue weighted by Gasteiger charge is 2.10. The number of H-pyrrole nitrogens is 2. The van der Waals surface area contributed by atoms with Crippen LogP contribution >= 0.6 is 0 Å². The maximum Gasteiger partial charge on any atom is 0.275 e. The molecule has 0 saturated heterocycles. The molecule has 4 nitrogen and oxygen atoms in total. The number of aromatic amines is 2. The smallest absolute Gasteiger partial charge is 0.275 e. The van der Waals surface area contributed by atoms with E-state index < -0.39 is 5.56 Å². The van der Waals surface area contributed by atoms with Gasteiger partial charge in [0.25, 0.3) is 5.56 Å². The number of allylic oxidation sites excluding steroid dienone is 5. The summed E-state index contributed by atoms with van der Waals surface area (Å²) in [6.07, 6.45) is 7.45. The fourth-order valence-electron chi connectivity index (χ4n) is 1.20. The van der Waals surface area contributed by atoms with Crippen LogP contribution in [0.4, 0.5) is 0 Å². The summed E-state index contributed by atoms with van der Waals surface area (Å²) in [7, 11) is 0. The van der Waals surface area contributed by atoms with Gasteiger partial charge < -0.3 is 0 Å². The van der Waals surface area contributed by atoms with Crippen molar-refractivity contribution < 1.29 is 4.79 Å². The molecule has 0 aliphatic carbocycles. The molecule has 0 spiro atoms. The summed E-state index contributed by atoms with van der Waals surface area (Å²) in [5.74, 6) is 0. The van der Waals surface area contributed by atoms with Crippen molar-refractivity contribution in [3.05, 3.63) is 52.5 Å². The number of hydrogen-bond donors (Lipinski definition) is 2. The highest BCUT2D eigenvalue weighted by molar-refractivity contribution is 5.86. The molecule has 1 heterocycles. The predicted molar refractivity (Wildman–Crippen MR) is 59.8 cm³/mol. The number of carbonyl (C=O) groups excluding carboxylic acids is 1. The molecule has 0 radical (unpaired) electrons. The van der Waals surface area contributed by atoms with E-state index in [4.69, 9.17) is 0 Å². The zero-order valence-corrected chi connectivity index (χ0v) is 8.41. The van der Waals surface area contributed by atoms with Crippen molar-refractivity contribution >= 4 is 11.9 Å². The molecule has 0 aromatic carbocycles. The Hall–Kier alpha value is -2.10. The fourth-order valence-corrected chi connectivity index (χ4v) is 1.20. The fraction of sp³-hybridized carbons (Fsp3) is 0.0909. The normalized spacial score (nSPS) is 11.9. The number of hydrogen-bond acceptors (Lipinski definition) is 2. The van der Waals surface area contributed by atoms with E-state index in [-0.39, 0.29) is 5.56 Å². The summed E-state index contributed by atoms with van der Waals surface area (Å²) >= 11 is 0. The third kappa shape index (κ3) is 2.22. The molecule has 2 N–H and O–H groups in total. The first-order valence-corrected chi connectivity index (χ1v) is 4.46. The van der Waals surface area contributed by atoms with Crippen LogP contribution in [0.1, 0.15) is 23.0 Å². The zero-order chi connectivity index (χ0) is 11.3. The van der Waals surface area contributed by atoms with Gasteiger partial charge in [-0.1, -0.05) is 30.9 Å². The van der Waals surface area contributed by atoms with Crippen LogP contribution in [-0.4, -0.2) is 16.5 Å². The first kappa shape index (κ1) is 11.0. The van der Waals surface area contributed by atoms with E-state index in [1.807, 2.05) is 6.92 Å². The van der Waals surface area contributed by atoms with Crippen molar-refractivity contribution in [1.82, 2.24) is 10.2 Å². The minimum Gasteiger partial charge on any atom is -0.298 e. The van der Waals surface area contributed by atoms with Crippen molar-refractivity contribution in [2.45, 2.75) is 6.92 Å². The van der Waals surface area contributed by atoms with Gasteiger partial charge in [-0.05, 0) is 12.5 Å². The van der Waals surface area contributed by atoms with E-state index in [1.165, 1.54) is 0 Å². The van der Waals surface area contributed by atoms with Gasteiger partial charge in [-0.25, -0.2) is 0 Å². The summed E-state index contributed by atoms with van der Waals surface area (Å²) in [5, 5.41) is 5.03. The number of aldehydes is 1. The number of nitrogens with one attached hydrogen (secondary N) is 2. The number of aromatic nitrogens is 2. The lowest BCUT2D eigenvalue weighted by molar-refractivity contribution is 0.112. The van der Waals surface area contributed by atoms with E-state index in [0.717, 1.165) is 5.57 Å². The second-order valence-electron chi connectivity index (χ2n) is 2.82. The maximum atomic E-state index is 11.2. The largest absolute Gasteiger partial charge is 0.298 e. The molecule has 0 aliphatic heterocycles. The van der Waals surface area contributed by atoms with Gasteiger partial charge in [0.15, 0.2) is 6.29 Å². The average molecular weight is 204 g/mol. The van der Waals surface area contributed by atoms with Crippen LogP contribution in [0.15, 0.2) is 35.7 Å². The van der Waals surface area contributed by atoms with Crippen LogP contribution in [0, 0.1) is 0 Å². The number of carbonyl (C=O) groups is 1. The topological polar surface area (TPSA) is 65.7 Å². The summed E-state index contributed by atoms with van der Waals surface area (Å²) in [5.41, 5.74) is 0.953. The van der Waals surface area contributed by atoms with Crippen molar-refractivity contribution in [1.29, 1.82) is 0 Å². The highest BCUT2D eigenvalue weighted by atomic mass is 16.1. The lowest BCUT2D eigenvalue weighted by atomic mass is 10.1. The molecule has 4 heteroatoms. The Morgan fingerprint density at radius 1 is 1.40 bits per heavy atom. The van der Waals surface area contributed by atoms with Gasteiger partial charge in [-0.15, -0.1) is 0 Å². The molecule has 0 atom stereocenters. The molecular formula is C11H12N2O2. The van der Waals surface area contributed by atoms with Gasteiger partial charge >= 0.3 is 0 Å². The van der Waals surface area contributed by atoms with Crippen LogP contribution in [-0.2, 0) is 0 Å². The van der Waals surface area contributed by atoms with Gasteiger partial charge in [0, 0.05) is 0 Å². The number of rotatable bonds is 4. The molecular weight excluding hydrogens is 192 g/mol.